The summed E-state index contributed by atoms with van der Waals surface area (Å²) in [6.45, 7) is 2.70. The molecule has 0 bridgehead atoms. The summed E-state index contributed by atoms with van der Waals surface area (Å²) in [7, 11) is 0. The van der Waals surface area contributed by atoms with Gasteiger partial charge in [0.2, 0.25) is 0 Å². The van der Waals surface area contributed by atoms with Crippen molar-refractivity contribution in [2.24, 2.45) is 0 Å². The summed E-state index contributed by atoms with van der Waals surface area (Å²) in [5, 5.41) is 0. The van der Waals surface area contributed by atoms with Gasteiger partial charge in [0, 0.05) is 12.2 Å². The number of carbonyl (C=O) groups is 1. The molecular formula is C22H44O2SSn. The Hall–Kier alpha value is 0.359. The molecule has 0 aliphatic carbocycles. The Morgan fingerprint density at radius 2 is 1.31 bits per heavy atom. The summed E-state index contributed by atoms with van der Waals surface area (Å²) in [6, 6.07) is 0. The van der Waals surface area contributed by atoms with Crippen LogP contribution in [-0.2, 0) is 9.53 Å². The van der Waals surface area contributed by atoms with E-state index in [4.69, 9.17) is 4.74 Å². The van der Waals surface area contributed by atoms with Gasteiger partial charge in [-0.15, -0.1) is 0 Å². The van der Waals surface area contributed by atoms with Crippen LogP contribution in [0.4, 0.5) is 0 Å². The number of esters is 1. The van der Waals surface area contributed by atoms with Crippen molar-refractivity contribution in [3.63, 3.8) is 0 Å². The Kier molecular flexibility index (Phi) is 30.3. The zero-order valence-electron chi connectivity index (χ0n) is 17.7. The predicted molar refractivity (Wildman–Crippen MR) is 122 cm³/mol. The Morgan fingerprint density at radius 1 is 0.846 bits per heavy atom. The van der Waals surface area contributed by atoms with Crippen LogP contribution in [0.1, 0.15) is 96.8 Å². The molecule has 4 heteroatoms. The molecule has 0 unspecified atom stereocenters. The summed E-state index contributed by atoms with van der Waals surface area (Å²) in [5.41, 5.74) is 0. The summed E-state index contributed by atoms with van der Waals surface area (Å²) in [4.78, 5) is 15.9. The van der Waals surface area contributed by atoms with Gasteiger partial charge >= 0.3 is 37.0 Å². The number of rotatable bonds is 17. The molecule has 2 nitrogen and oxygen atoms in total. The Morgan fingerprint density at radius 3 is 1.81 bits per heavy atom. The normalized spacial score (nSPS) is 10.6. The molecule has 0 aliphatic heterocycles. The van der Waals surface area contributed by atoms with Gasteiger partial charge in [0.05, 0.1) is 0 Å². The van der Waals surface area contributed by atoms with Crippen LogP contribution in [0.5, 0.6) is 0 Å². The van der Waals surface area contributed by atoms with Gasteiger partial charge in [0.15, 0.2) is 0 Å². The van der Waals surface area contributed by atoms with Crippen LogP contribution in [0, 0.1) is 0 Å². The molecule has 0 N–H and O–H groups in total. The van der Waals surface area contributed by atoms with Crippen LogP contribution < -0.4 is 0 Å². The average molecular weight is 491 g/mol. The van der Waals surface area contributed by atoms with E-state index in [1.165, 1.54) is 70.6 Å². The molecule has 0 aliphatic rings. The minimum atomic E-state index is -0.0725. The summed E-state index contributed by atoms with van der Waals surface area (Å²) in [5.74, 6) is 0.537. The van der Waals surface area contributed by atoms with Crippen LogP contribution in [-0.4, -0.2) is 39.5 Å². The van der Waals surface area contributed by atoms with E-state index in [1.54, 1.807) is 0 Å². The van der Waals surface area contributed by atoms with Crippen LogP contribution in [0.3, 0.4) is 0 Å². The van der Waals surface area contributed by atoms with Crippen molar-refractivity contribution < 1.29 is 9.53 Å². The standard InChI is InChI=1S/C20H38O2S.2CH3.Sn/c1-2-3-4-5-6-7-8-9-10-11-12-13-14-15-16-17-20(21)22-18-19-23;;;/h9-10,23H,2-8,11-19H2,1H3;2*1H3;/b10-9-;;;. The number of thiol groups is 1. The molecule has 0 aromatic carbocycles. The van der Waals surface area contributed by atoms with Crippen molar-refractivity contribution in [3.05, 3.63) is 12.2 Å². The molecule has 0 spiro atoms. The van der Waals surface area contributed by atoms with Gasteiger partial charge in [-0.05, 0) is 32.1 Å². The van der Waals surface area contributed by atoms with E-state index in [-0.39, 0.29) is 27.1 Å². The second kappa shape index (κ2) is 27.6. The number of hydrogen-bond donors (Lipinski definition) is 1. The fraction of sp³-hybridized carbons (Fsp3) is 0.864. The number of unbranched alkanes of at least 4 members (excludes halogenated alkanes) is 11. The van der Waals surface area contributed by atoms with E-state index in [0.29, 0.717) is 18.8 Å². The molecule has 0 aromatic heterocycles. The zero-order valence-corrected chi connectivity index (χ0v) is 21.5. The second-order valence-corrected chi connectivity index (χ2v) is 10.1. The van der Waals surface area contributed by atoms with Gasteiger partial charge in [-0.1, -0.05) is 70.4 Å². The van der Waals surface area contributed by atoms with Gasteiger partial charge in [-0.25, -0.2) is 0 Å². The Labute approximate surface area is 179 Å². The molecule has 26 heavy (non-hydrogen) atoms. The number of allylic oxidation sites excluding steroid dienone is 2. The molecule has 0 heterocycles. The molecule has 0 atom stereocenters. The van der Waals surface area contributed by atoms with Crippen LogP contribution in [0.2, 0.25) is 9.88 Å². The van der Waals surface area contributed by atoms with Crippen LogP contribution in [0.25, 0.3) is 0 Å². The Bertz CT molecular complexity index is 296. The second-order valence-electron chi connectivity index (χ2n) is 6.78. The average Bonchev–Trinajstić information content (AvgIpc) is 2.64. The van der Waals surface area contributed by atoms with E-state index in [2.05, 4.69) is 41.6 Å². The first kappa shape index (κ1) is 28.6. The van der Waals surface area contributed by atoms with Gasteiger partial charge in [0.25, 0.3) is 0 Å². The van der Waals surface area contributed by atoms with Crippen molar-refractivity contribution in [3.8, 4) is 0 Å². The van der Waals surface area contributed by atoms with Crippen molar-refractivity contribution in [1.29, 1.82) is 0 Å². The molecule has 0 saturated carbocycles. The number of ether oxygens (including phenoxy) is 1. The van der Waals surface area contributed by atoms with Crippen molar-refractivity contribution in [2.45, 2.75) is 107 Å². The topological polar surface area (TPSA) is 26.3 Å². The molecule has 0 amide bonds. The first-order valence-electron chi connectivity index (χ1n) is 10.7. The third-order valence-corrected chi connectivity index (χ3v) is 4.18. The van der Waals surface area contributed by atoms with E-state index < -0.39 is 0 Å². The van der Waals surface area contributed by atoms with Gasteiger partial charge in [-0.2, -0.15) is 12.6 Å². The summed E-state index contributed by atoms with van der Waals surface area (Å²) < 4.78 is 4.99. The van der Waals surface area contributed by atoms with Crippen LogP contribution in [0.15, 0.2) is 12.2 Å². The molecule has 0 fully saturated rings. The van der Waals surface area contributed by atoms with Crippen molar-refractivity contribution >= 4 is 39.7 Å². The summed E-state index contributed by atoms with van der Waals surface area (Å²) >= 11 is 4.24. The van der Waals surface area contributed by atoms with Crippen molar-refractivity contribution in [2.75, 3.05) is 12.4 Å². The maximum absolute atomic E-state index is 11.3. The van der Waals surface area contributed by atoms with Crippen molar-refractivity contribution in [1.82, 2.24) is 0 Å². The van der Waals surface area contributed by atoms with E-state index in [9.17, 15) is 4.79 Å². The monoisotopic (exact) mass is 492 g/mol. The fourth-order valence-corrected chi connectivity index (χ4v) is 2.66. The van der Waals surface area contributed by atoms with E-state index in [0.717, 1.165) is 12.8 Å². The molecule has 0 saturated heterocycles. The molecule has 0 rings (SSSR count). The first-order chi connectivity index (χ1) is 12.7. The van der Waals surface area contributed by atoms with E-state index in [1.807, 2.05) is 0 Å². The first-order valence-corrected chi connectivity index (χ1v) is 17.1. The molecule has 154 valence electrons. The molecular weight excluding hydrogens is 447 g/mol. The van der Waals surface area contributed by atoms with Gasteiger partial charge < -0.3 is 4.74 Å². The van der Waals surface area contributed by atoms with Crippen LogP contribution >= 0.6 is 12.6 Å². The third kappa shape index (κ3) is 29.1. The molecule has 2 radical (unpaired) electrons. The van der Waals surface area contributed by atoms with Gasteiger partial charge in [-0.3, -0.25) is 4.79 Å². The fourth-order valence-electron chi connectivity index (χ4n) is 2.57. The predicted octanol–water partition coefficient (Wildman–Crippen LogP) is 7.28. The Balaban J connectivity index is 0. The van der Waals surface area contributed by atoms with E-state index >= 15 is 0 Å². The number of hydrogen-bond acceptors (Lipinski definition) is 3. The zero-order chi connectivity index (χ0) is 19.7. The third-order valence-electron chi connectivity index (χ3n) is 4.00. The molecule has 0 aromatic rings. The van der Waals surface area contributed by atoms with Gasteiger partial charge in [0.1, 0.15) is 6.61 Å². The SMILES string of the molecule is CCCCCCCC/C=C\CCCCCCCC(=O)OCCS.[CH3][Sn][CH3]. The minimum absolute atomic E-state index is 0.0725. The number of carbonyl (C=O) groups excluding carboxylic acids is 1. The summed E-state index contributed by atoms with van der Waals surface area (Å²) in [6.07, 6.45) is 21.9. The maximum atomic E-state index is 11.3. The quantitative estimate of drug-likeness (QED) is 0.0761.